The lowest BCUT2D eigenvalue weighted by molar-refractivity contribution is 0.0528. The van der Waals surface area contributed by atoms with Crippen LogP contribution in [0.3, 0.4) is 0 Å². The Bertz CT molecular complexity index is 5440. The number of benzene rings is 6. The summed E-state index contributed by atoms with van der Waals surface area (Å²) >= 11 is 0. The van der Waals surface area contributed by atoms with Crippen LogP contribution in [0, 0.1) is 0 Å². The van der Waals surface area contributed by atoms with Gasteiger partial charge in [0.1, 0.15) is 34.2 Å². The highest BCUT2D eigenvalue weighted by Crippen LogP contribution is 2.48. The van der Waals surface area contributed by atoms with E-state index in [0.29, 0.717) is 67.8 Å². The molecule has 8 aromatic heterocycles. The summed E-state index contributed by atoms with van der Waals surface area (Å²) in [6.45, 7) is 37.1. The normalized spacial score (nSPS) is 12.3. The number of carbonyl (C=O) groups excluding carboxylic acids is 2. The fourth-order valence-electron chi connectivity index (χ4n) is 13.5. The highest BCUT2D eigenvalue weighted by atomic mass is 16.6. The summed E-state index contributed by atoms with van der Waals surface area (Å²) in [5, 5.41) is 26.9. The van der Waals surface area contributed by atoms with Crippen molar-refractivity contribution < 1.29 is 38.7 Å². The number of H-pyrrole nitrogens is 2. The molecule has 4 N–H and O–H groups in total. The minimum absolute atomic E-state index is 0. The summed E-state index contributed by atoms with van der Waals surface area (Å²) < 4.78 is 27.1. The monoisotopic (exact) mass is 1460 g/mol. The van der Waals surface area contributed by atoms with E-state index >= 15 is 0 Å². The van der Waals surface area contributed by atoms with Gasteiger partial charge in [0.2, 0.25) is 0 Å². The van der Waals surface area contributed by atoms with E-state index in [0.717, 1.165) is 99.6 Å². The van der Waals surface area contributed by atoms with Crippen LogP contribution in [0.1, 0.15) is 154 Å². The number of carbonyl (C=O) groups is 2. The summed E-state index contributed by atoms with van der Waals surface area (Å²) in [5.41, 5.74) is 16.5. The largest absolute Gasteiger partial charge is 0.507 e. The van der Waals surface area contributed by atoms with Gasteiger partial charge in [-0.25, -0.2) is 29.5 Å². The number of phenolic OH excluding ortho intramolecular Hbond substituents is 2. The number of aromatic amines is 2. The van der Waals surface area contributed by atoms with Crippen LogP contribution >= 0.6 is 0 Å². The molecule has 0 unspecified atom stereocenters. The highest BCUT2D eigenvalue weighted by molar-refractivity contribution is 6.06. The molecule has 14 rings (SSSR count). The number of phenols is 2. The van der Waals surface area contributed by atoms with E-state index in [4.69, 9.17) is 38.9 Å². The van der Waals surface area contributed by atoms with E-state index in [9.17, 15) is 19.8 Å². The number of hydrogen-bond acceptors (Lipinski definition) is 12. The van der Waals surface area contributed by atoms with Gasteiger partial charge in [0.15, 0.2) is 0 Å². The molecule has 8 heterocycles. The fraction of sp³-hybridized carbons (Fsp3) is 0.290. The van der Waals surface area contributed by atoms with Crippen LogP contribution in [0.25, 0.3) is 134 Å². The van der Waals surface area contributed by atoms with Gasteiger partial charge in [-0.05, 0) is 207 Å². The molecule has 0 fully saturated rings. The first-order chi connectivity index (χ1) is 50.8. The van der Waals surface area contributed by atoms with Crippen molar-refractivity contribution in [3.63, 3.8) is 0 Å². The molecule has 0 spiro atoms. The van der Waals surface area contributed by atoms with Crippen molar-refractivity contribution in [1.82, 2.24) is 39.0 Å². The number of ether oxygens (including phenoxy) is 4. The second-order valence-corrected chi connectivity index (χ2v) is 33.9. The van der Waals surface area contributed by atoms with Crippen molar-refractivity contribution in [2.45, 2.75) is 165 Å². The zero-order valence-electron chi connectivity index (χ0n) is 65.5. The van der Waals surface area contributed by atoms with Gasteiger partial charge in [0.05, 0.1) is 70.4 Å². The average Bonchev–Trinajstić information content (AvgIpc) is 1.45. The molecule has 16 nitrogen and oxygen atoms in total. The smallest absolute Gasteiger partial charge is 0.418 e. The molecule has 0 atom stereocenters. The standard InChI is InChI=1S/C52H58N4O6.C40H38N4O2.CH4/c1-49(2,3)33-27-35(45(59-13)37(29-33)41-17-15-25-55(41)47(57)61-51(7,8)9)39-23-21-31-19-20-32-22-24-40(54-44(32)43(31)53-39)36-28-34(50(4,5)6)30-38(46(36)60-14)42-18-16-26-56(42)48(58)62-52(10,11)12;1-39(2,3)25-19-27(31-9-7-17-41-31)37(45)29(21-25)33-15-13-23-11-12-24-14-16-34(44-36(24)35(23)43-33)30-22-26(40(4,5)6)20-28(38(30)46)32-10-8-18-42-32;/h15-30H,1-14H3;7-22,41-42,45-46H,1-6H3;1H4. The van der Waals surface area contributed by atoms with Gasteiger partial charge < -0.3 is 39.1 Å². The first kappa shape index (κ1) is 76.9. The molecule has 6 aromatic carbocycles. The Balaban J connectivity index is 0.000000210. The number of nitrogens with zero attached hydrogens (tertiary/aromatic N) is 6. The van der Waals surface area contributed by atoms with Gasteiger partial charge in [-0.15, -0.1) is 0 Å². The lowest BCUT2D eigenvalue weighted by Crippen LogP contribution is -2.27. The van der Waals surface area contributed by atoms with E-state index in [1.807, 2.05) is 163 Å². The number of methoxy groups -OCH3 is 2. The second kappa shape index (κ2) is 28.7. The molecule has 0 radical (unpaired) electrons. The SMILES string of the molecule is C.CC(C)(C)c1cc(-c2ccc3ccc4ccc(-c5cc(C(C)(C)C)cc(-c6ccc[nH]6)c5O)nc4c3n2)c(O)c(-c2ccc[nH]2)c1.COc1c(-c2ccc3ccc4ccc(-c5cc(C(C)(C)C)cc(-c6cccn6C(=O)OC(C)(C)C)c5OC)nc4c3n2)cc(C(C)(C)C)cc1-c1cccn1C(=O)OC(C)(C)C. The minimum atomic E-state index is -0.677. The zero-order chi connectivity index (χ0) is 77.5. The Kier molecular flexibility index (Phi) is 20.3. The van der Waals surface area contributed by atoms with Crippen LogP contribution in [0.5, 0.6) is 23.0 Å². The van der Waals surface area contributed by atoms with Crippen LogP contribution in [0.4, 0.5) is 9.59 Å². The van der Waals surface area contributed by atoms with E-state index in [2.05, 4.69) is 154 Å². The maximum atomic E-state index is 13.5. The number of pyridine rings is 4. The van der Waals surface area contributed by atoms with E-state index < -0.39 is 23.4 Å². The van der Waals surface area contributed by atoms with E-state index in [-0.39, 0.29) is 40.6 Å². The Morgan fingerprint density at radius 1 is 0.349 bits per heavy atom. The van der Waals surface area contributed by atoms with Gasteiger partial charge in [-0.2, -0.15) is 0 Å². The lowest BCUT2D eigenvalue weighted by Gasteiger charge is -2.25. The molecular formula is C93H100N8O8. The number of fused-ring (bicyclic) bond motifs is 6. The molecule has 0 saturated heterocycles. The van der Waals surface area contributed by atoms with Crippen LogP contribution < -0.4 is 9.47 Å². The number of aromatic nitrogens is 8. The van der Waals surface area contributed by atoms with Crippen molar-refractivity contribution >= 4 is 55.8 Å². The molecule has 0 aliphatic rings. The van der Waals surface area contributed by atoms with Crippen molar-refractivity contribution in [1.29, 1.82) is 0 Å². The average molecular weight is 1460 g/mol. The Hall–Kier alpha value is -11.8. The molecule has 0 aliphatic heterocycles. The predicted octanol–water partition coefficient (Wildman–Crippen LogP) is 24.0. The van der Waals surface area contributed by atoms with E-state index in [1.54, 1.807) is 26.6 Å². The van der Waals surface area contributed by atoms with Gasteiger partial charge in [-0.1, -0.05) is 139 Å². The van der Waals surface area contributed by atoms with Gasteiger partial charge in [0.25, 0.3) is 0 Å². The lowest BCUT2D eigenvalue weighted by atomic mass is 9.83. The third-order valence-corrected chi connectivity index (χ3v) is 19.4. The molecule has 0 aliphatic carbocycles. The first-order valence-electron chi connectivity index (χ1n) is 36.6. The summed E-state index contributed by atoms with van der Waals surface area (Å²) in [7, 11) is 3.28. The predicted molar refractivity (Wildman–Crippen MR) is 443 cm³/mol. The van der Waals surface area contributed by atoms with Crippen LogP contribution in [-0.2, 0) is 31.1 Å². The summed E-state index contributed by atoms with van der Waals surface area (Å²) in [4.78, 5) is 54.5. The van der Waals surface area contributed by atoms with Crippen molar-refractivity contribution in [3.8, 4) is 113 Å². The molecule has 109 heavy (non-hydrogen) atoms. The minimum Gasteiger partial charge on any atom is -0.507 e. The Morgan fingerprint density at radius 3 is 0.881 bits per heavy atom. The molecule has 0 amide bonds. The van der Waals surface area contributed by atoms with Crippen LogP contribution in [0.15, 0.2) is 195 Å². The summed E-state index contributed by atoms with van der Waals surface area (Å²) in [5.74, 6) is 1.51. The molecule has 0 bridgehead atoms. The number of hydrogen-bond donors (Lipinski definition) is 4. The summed E-state index contributed by atoms with van der Waals surface area (Å²) in [6.07, 6.45) is 6.19. The Labute approximate surface area is 639 Å². The Morgan fingerprint density at radius 2 is 0.615 bits per heavy atom. The third kappa shape index (κ3) is 15.6. The fourth-order valence-corrected chi connectivity index (χ4v) is 13.5. The van der Waals surface area contributed by atoms with Crippen LogP contribution in [-0.4, -0.2) is 86.9 Å². The molecule has 14 aromatic rings. The maximum Gasteiger partial charge on any atom is 0.418 e. The number of aromatic hydroxyl groups is 2. The van der Waals surface area contributed by atoms with Crippen molar-refractivity contribution in [2.75, 3.05) is 14.2 Å². The van der Waals surface area contributed by atoms with Crippen LogP contribution in [0.2, 0.25) is 0 Å². The maximum absolute atomic E-state index is 13.5. The second-order valence-electron chi connectivity index (χ2n) is 33.9. The first-order valence-corrected chi connectivity index (χ1v) is 36.6. The van der Waals surface area contributed by atoms with Gasteiger partial charge in [0, 0.05) is 102 Å². The molecule has 16 heteroatoms. The van der Waals surface area contributed by atoms with Gasteiger partial charge >= 0.3 is 12.2 Å². The molecular weight excluding hydrogens is 1360 g/mol. The summed E-state index contributed by atoms with van der Waals surface area (Å²) in [6, 6.07) is 56.1. The number of rotatable bonds is 10. The van der Waals surface area contributed by atoms with Gasteiger partial charge in [-0.3, -0.25) is 9.13 Å². The third-order valence-electron chi connectivity index (χ3n) is 19.4. The van der Waals surface area contributed by atoms with Crippen molar-refractivity contribution in [2.24, 2.45) is 0 Å². The highest BCUT2D eigenvalue weighted by Gasteiger charge is 2.31. The molecule has 560 valence electrons. The quantitative estimate of drug-likeness (QED) is 0.0945. The van der Waals surface area contributed by atoms with E-state index in [1.165, 1.54) is 9.13 Å². The topological polar surface area (TPSA) is 205 Å². The zero-order valence-corrected chi connectivity index (χ0v) is 65.5. The molecule has 0 saturated carbocycles. The number of nitrogens with one attached hydrogen (secondary N) is 2. The van der Waals surface area contributed by atoms with Crippen molar-refractivity contribution in [3.05, 3.63) is 217 Å².